The van der Waals surface area contributed by atoms with Crippen molar-refractivity contribution >= 4 is 0 Å². The topological polar surface area (TPSA) is 40.5 Å². The van der Waals surface area contributed by atoms with E-state index in [0.717, 1.165) is 18.3 Å². The number of rotatable bonds is 2. The first-order valence-electron chi connectivity index (χ1n) is 13.8. The number of aliphatic hydroxyl groups is 2. The van der Waals surface area contributed by atoms with Crippen molar-refractivity contribution in [2.24, 2.45) is 56.7 Å². The maximum absolute atomic E-state index is 10.9. The molecule has 0 radical (unpaired) electrons. The van der Waals surface area contributed by atoms with Gasteiger partial charge in [0.05, 0.1) is 6.10 Å². The van der Waals surface area contributed by atoms with Crippen LogP contribution in [0, 0.1) is 56.7 Å². The van der Waals surface area contributed by atoms with Gasteiger partial charge in [-0.1, -0.05) is 46.8 Å². The molecule has 2 N–H and O–H groups in total. The molecule has 5 saturated carbocycles. The molecular weight excluding hydrogens is 392 g/mol. The van der Waals surface area contributed by atoms with Crippen molar-refractivity contribution < 1.29 is 10.2 Å². The summed E-state index contributed by atoms with van der Waals surface area (Å²) in [5.74, 6) is 3.33. The molecule has 0 aliphatic heterocycles. The number of hydrogen-bond donors (Lipinski definition) is 2. The van der Waals surface area contributed by atoms with Crippen molar-refractivity contribution in [3.8, 4) is 0 Å². The monoisotopic (exact) mass is 442 g/mol. The Morgan fingerprint density at radius 2 is 1.53 bits per heavy atom. The van der Waals surface area contributed by atoms with Gasteiger partial charge >= 0.3 is 0 Å². The molecule has 0 spiro atoms. The molecule has 0 aromatic heterocycles. The molecule has 2 nitrogen and oxygen atoms in total. The summed E-state index contributed by atoms with van der Waals surface area (Å²) in [6, 6.07) is 0. The zero-order valence-electron chi connectivity index (χ0n) is 21.8. The van der Waals surface area contributed by atoms with Crippen LogP contribution in [0.1, 0.15) is 106 Å². The Bertz CT molecular complexity index is 786. The predicted molar refractivity (Wildman–Crippen MR) is 132 cm³/mol. The van der Waals surface area contributed by atoms with Crippen molar-refractivity contribution in [3.05, 3.63) is 12.2 Å². The van der Waals surface area contributed by atoms with Crippen LogP contribution in [0.5, 0.6) is 0 Å². The summed E-state index contributed by atoms with van der Waals surface area (Å²) in [6.45, 7) is 19.7. The molecule has 5 fully saturated rings. The van der Waals surface area contributed by atoms with Crippen LogP contribution in [0.25, 0.3) is 0 Å². The molecule has 182 valence electrons. The lowest BCUT2D eigenvalue weighted by atomic mass is 9.32. The molecule has 0 bridgehead atoms. The molecular formula is C30H50O2. The highest BCUT2D eigenvalue weighted by molar-refractivity contribution is 5.21. The summed E-state index contributed by atoms with van der Waals surface area (Å²) in [6.07, 6.45) is 12.2. The summed E-state index contributed by atoms with van der Waals surface area (Å²) in [4.78, 5) is 0. The van der Waals surface area contributed by atoms with E-state index in [1.807, 2.05) is 0 Å². The Labute approximate surface area is 197 Å². The highest BCUT2D eigenvalue weighted by atomic mass is 16.3. The van der Waals surface area contributed by atoms with Gasteiger partial charge in [-0.15, -0.1) is 0 Å². The second kappa shape index (κ2) is 7.09. The molecule has 10 atom stereocenters. The molecule has 5 aliphatic rings. The largest absolute Gasteiger partial charge is 0.396 e. The van der Waals surface area contributed by atoms with E-state index >= 15 is 0 Å². The third-order valence-corrected chi connectivity index (χ3v) is 13.5. The van der Waals surface area contributed by atoms with E-state index in [4.69, 9.17) is 0 Å². The molecule has 0 aromatic rings. The summed E-state index contributed by atoms with van der Waals surface area (Å²) in [7, 11) is 0. The third-order valence-electron chi connectivity index (χ3n) is 13.5. The van der Waals surface area contributed by atoms with E-state index in [1.54, 1.807) is 0 Å². The van der Waals surface area contributed by atoms with Crippen LogP contribution in [0.15, 0.2) is 12.2 Å². The highest BCUT2D eigenvalue weighted by Gasteiger charge is 2.70. The molecule has 0 saturated heterocycles. The van der Waals surface area contributed by atoms with Crippen molar-refractivity contribution in [2.75, 3.05) is 6.61 Å². The standard InChI is InChI=1S/C30H50O2/c1-19(2)20-10-15-30(18-31)17-16-28(6)21(25(20)30)8-9-23-27(5)13-12-24(32)26(3,4)22(27)11-14-29(23,28)7/h20-25,31-32H,1,8-18H2,2-7H3/t20?,21?,22?,23?,24?,25?,27?,28-,29?,30?/m1/s1. The van der Waals surface area contributed by atoms with Crippen molar-refractivity contribution in [1.82, 2.24) is 0 Å². The Morgan fingerprint density at radius 1 is 0.812 bits per heavy atom. The number of hydrogen-bond acceptors (Lipinski definition) is 2. The fourth-order valence-corrected chi connectivity index (χ4v) is 11.5. The summed E-state index contributed by atoms with van der Waals surface area (Å²) < 4.78 is 0. The van der Waals surface area contributed by atoms with Crippen molar-refractivity contribution in [2.45, 2.75) is 112 Å². The van der Waals surface area contributed by atoms with E-state index < -0.39 is 0 Å². The van der Waals surface area contributed by atoms with Gasteiger partial charge < -0.3 is 10.2 Å². The van der Waals surface area contributed by atoms with E-state index in [1.165, 1.54) is 63.4 Å². The lowest BCUT2D eigenvalue weighted by Gasteiger charge is -2.73. The SMILES string of the molecule is C=C(C)C1CCC2(CO)CC[C@]3(C)C(CCC4C5(C)CCC(O)C(C)(C)C5CCC43C)C12. The minimum Gasteiger partial charge on any atom is -0.396 e. The summed E-state index contributed by atoms with van der Waals surface area (Å²) in [5.41, 5.74) is 2.60. The van der Waals surface area contributed by atoms with Gasteiger partial charge in [-0.3, -0.25) is 0 Å². The Kier molecular flexibility index (Phi) is 5.19. The van der Waals surface area contributed by atoms with Gasteiger partial charge in [0.1, 0.15) is 0 Å². The number of allylic oxidation sites excluding steroid dienone is 1. The third kappa shape index (κ3) is 2.66. The molecule has 0 heterocycles. The molecule has 9 unspecified atom stereocenters. The second-order valence-electron chi connectivity index (χ2n) is 14.6. The van der Waals surface area contributed by atoms with Crippen LogP contribution in [0.3, 0.4) is 0 Å². The van der Waals surface area contributed by atoms with Crippen LogP contribution < -0.4 is 0 Å². The summed E-state index contributed by atoms with van der Waals surface area (Å²) in [5, 5.41) is 21.5. The van der Waals surface area contributed by atoms with E-state index in [9.17, 15) is 10.2 Å². The fourth-order valence-electron chi connectivity index (χ4n) is 11.5. The Hall–Kier alpha value is -0.340. The van der Waals surface area contributed by atoms with Gasteiger partial charge in [0.2, 0.25) is 0 Å². The summed E-state index contributed by atoms with van der Waals surface area (Å²) >= 11 is 0. The highest BCUT2D eigenvalue weighted by Crippen LogP contribution is 2.77. The average molecular weight is 443 g/mol. The minimum absolute atomic E-state index is 0.0290. The smallest absolute Gasteiger partial charge is 0.0594 e. The van der Waals surface area contributed by atoms with Gasteiger partial charge in [0.25, 0.3) is 0 Å². The first kappa shape index (κ1) is 23.4. The zero-order chi connectivity index (χ0) is 23.3. The molecule has 5 rings (SSSR count). The number of fused-ring (bicyclic) bond motifs is 7. The first-order chi connectivity index (χ1) is 14.9. The van der Waals surface area contributed by atoms with Gasteiger partial charge in [0, 0.05) is 6.61 Å². The van der Waals surface area contributed by atoms with Gasteiger partial charge in [-0.25, -0.2) is 0 Å². The lowest BCUT2D eigenvalue weighted by molar-refractivity contribution is -0.249. The average Bonchev–Trinajstić information content (AvgIpc) is 3.12. The maximum atomic E-state index is 10.9. The van der Waals surface area contributed by atoms with Gasteiger partial charge in [-0.05, 0) is 128 Å². The van der Waals surface area contributed by atoms with Crippen LogP contribution >= 0.6 is 0 Å². The van der Waals surface area contributed by atoms with Crippen LogP contribution in [0.2, 0.25) is 0 Å². The predicted octanol–water partition coefficient (Wildman–Crippen LogP) is 7.00. The van der Waals surface area contributed by atoms with Gasteiger partial charge in [0.15, 0.2) is 0 Å². The molecule has 32 heavy (non-hydrogen) atoms. The molecule has 5 aliphatic carbocycles. The first-order valence-corrected chi connectivity index (χ1v) is 13.8. The van der Waals surface area contributed by atoms with E-state index in [0.29, 0.717) is 40.6 Å². The molecule has 0 aromatic carbocycles. The minimum atomic E-state index is -0.147. The second-order valence-corrected chi connectivity index (χ2v) is 14.6. The maximum Gasteiger partial charge on any atom is 0.0594 e. The van der Waals surface area contributed by atoms with Gasteiger partial charge in [-0.2, -0.15) is 0 Å². The van der Waals surface area contributed by atoms with Crippen LogP contribution in [-0.4, -0.2) is 22.9 Å². The van der Waals surface area contributed by atoms with E-state index in [2.05, 4.69) is 48.1 Å². The Balaban J connectivity index is 1.55. The van der Waals surface area contributed by atoms with Crippen molar-refractivity contribution in [3.63, 3.8) is 0 Å². The van der Waals surface area contributed by atoms with Crippen LogP contribution in [-0.2, 0) is 0 Å². The Morgan fingerprint density at radius 3 is 2.19 bits per heavy atom. The quantitative estimate of drug-likeness (QED) is 0.452. The van der Waals surface area contributed by atoms with Crippen LogP contribution in [0.4, 0.5) is 0 Å². The number of aliphatic hydroxyl groups excluding tert-OH is 2. The molecule has 0 amide bonds. The zero-order valence-corrected chi connectivity index (χ0v) is 21.8. The lowest BCUT2D eigenvalue weighted by Crippen LogP contribution is -2.66. The normalized spacial score (nSPS) is 56.5. The fraction of sp³-hybridized carbons (Fsp3) is 0.933. The van der Waals surface area contributed by atoms with Crippen molar-refractivity contribution in [1.29, 1.82) is 0 Å². The molecule has 2 heteroatoms. The van der Waals surface area contributed by atoms with E-state index in [-0.39, 0.29) is 16.9 Å².